The molecular weight excluding hydrogens is 352 g/mol. The molecular formula is C14H28N2O6SSi. The maximum absolute atomic E-state index is 11.0. The zero-order valence-corrected chi connectivity index (χ0v) is 16.9. The van der Waals surface area contributed by atoms with Crippen LogP contribution in [0, 0.1) is 0 Å². The minimum atomic E-state index is -4.69. The molecule has 2 rings (SSSR count). The average Bonchev–Trinajstić information content (AvgIpc) is 2.65. The van der Waals surface area contributed by atoms with Gasteiger partial charge in [0.1, 0.15) is 0 Å². The smallest absolute Gasteiger partial charge is 0.413 e. The molecule has 0 aromatic rings. The molecule has 140 valence electrons. The van der Waals surface area contributed by atoms with Crippen molar-refractivity contribution in [2.24, 2.45) is 0 Å². The van der Waals surface area contributed by atoms with Gasteiger partial charge in [-0.3, -0.25) is 9.45 Å². The fourth-order valence-electron chi connectivity index (χ4n) is 2.70. The van der Waals surface area contributed by atoms with Crippen molar-refractivity contribution in [3.8, 4) is 0 Å². The van der Waals surface area contributed by atoms with Gasteiger partial charge in [-0.15, -0.1) is 5.06 Å². The van der Waals surface area contributed by atoms with Gasteiger partial charge in [0.25, 0.3) is 0 Å². The first-order valence-corrected chi connectivity index (χ1v) is 12.2. The average molecular weight is 381 g/mol. The summed E-state index contributed by atoms with van der Waals surface area (Å²) in [4.78, 5) is 1.70. The Bertz CT molecular complexity index is 615. The molecule has 2 bridgehead atoms. The molecule has 0 aliphatic carbocycles. The van der Waals surface area contributed by atoms with Crippen LogP contribution in [0.25, 0.3) is 0 Å². The second-order valence-corrected chi connectivity index (χ2v) is 13.8. The molecule has 24 heavy (non-hydrogen) atoms. The number of hydrogen-bond acceptors (Lipinski definition) is 7. The molecule has 0 aromatic heterocycles. The molecule has 4 atom stereocenters. The van der Waals surface area contributed by atoms with E-state index in [2.05, 4.69) is 38.1 Å². The maximum atomic E-state index is 11.0. The van der Waals surface area contributed by atoms with E-state index in [-0.39, 0.29) is 11.1 Å². The van der Waals surface area contributed by atoms with E-state index in [1.165, 1.54) is 0 Å². The van der Waals surface area contributed by atoms with Gasteiger partial charge in [-0.2, -0.15) is 12.7 Å². The van der Waals surface area contributed by atoms with Crippen LogP contribution in [0.2, 0.25) is 18.1 Å². The highest BCUT2D eigenvalue weighted by atomic mass is 32.3. The highest BCUT2D eigenvalue weighted by molar-refractivity contribution is 7.80. The highest BCUT2D eigenvalue weighted by Gasteiger charge is 2.48. The topological polar surface area (TPSA) is 99.5 Å². The number of hydroxylamine groups is 2. The minimum absolute atomic E-state index is 0.0761. The Labute approximate surface area is 145 Å². The first-order chi connectivity index (χ1) is 10.7. The van der Waals surface area contributed by atoms with Crippen LogP contribution in [0.15, 0.2) is 11.6 Å². The van der Waals surface area contributed by atoms with E-state index in [4.69, 9.17) is 8.98 Å². The Morgan fingerprint density at radius 1 is 1.38 bits per heavy atom. The molecule has 0 aromatic carbocycles. The number of aliphatic hydroxyl groups excluding tert-OH is 1. The first kappa shape index (κ1) is 20.0. The van der Waals surface area contributed by atoms with E-state index >= 15 is 0 Å². The van der Waals surface area contributed by atoms with Crippen LogP contribution < -0.4 is 0 Å². The predicted octanol–water partition coefficient (Wildman–Crippen LogP) is 1.33. The molecule has 2 aliphatic heterocycles. The van der Waals surface area contributed by atoms with E-state index < -0.39 is 31.1 Å². The number of aliphatic hydroxyl groups is 1. The van der Waals surface area contributed by atoms with Crippen LogP contribution >= 0.6 is 0 Å². The van der Waals surface area contributed by atoms with Gasteiger partial charge in [-0.25, -0.2) is 0 Å². The van der Waals surface area contributed by atoms with Crippen LogP contribution in [0.3, 0.4) is 0 Å². The Morgan fingerprint density at radius 2 is 1.96 bits per heavy atom. The molecule has 10 heteroatoms. The van der Waals surface area contributed by atoms with Gasteiger partial charge >= 0.3 is 10.4 Å². The zero-order chi connectivity index (χ0) is 18.5. The van der Waals surface area contributed by atoms with Crippen molar-refractivity contribution in [2.45, 2.75) is 64.3 Å². The van der Waals surface area contributed by atoms with E-state index in [0.717, 1.165) is 10.6 Å². The summed E-state index contributed by atoms with van der Waals surface area (Å²) in [6.07, 6.45) is 0.691. The van der Waals surface area contributed by atoms with E-state index in [9.17, 15) is 13.5 Å². The lowest BCUT2D eigenvalue weighted by Gasteiger charge is -2.39. The van der Waals surface area contributed by atoms with Crippen molar-refractivity contribution in [2.75, 3.05) is 13.2 Å². The van der Waals surface area contributed by atoms with Crippen molar-refractivity contribution in [1.82, 2.24) is 9.96 Å². The van der Waals surface area contributed by atoms with Gasteiger partial charge in [0.15, 0.2) is 14.7 Å². The molecule has 0 radical (unpaired) electrons. The molecule has 2 aliphatic rings. The normalized spacial score (nSPS) is 32.1. The number of hydrogen-bond donors (Lipinski definition) is 2. The van der Waals surface area contributed by atoms with E-state index in [0.29, 0.717) is 13.2 Å². The lowest BCUT2D eigenvalue weighted by molar-refractivity contribution is -0.199. The van der Waals surface area contributed by atoms with E-state index in [1.54, 1.807) is 4.90 Å². The Balaban J connectivity index is 2.12. The zero-order valence-electron chi connectivity index (χ0n) is 15.1. The van der Waals surface area contributed by atoms with Crippen molar-refractivity contribution >= 4 is 18.7 Å². The first-order valence-electron chi connectivity index (χ1n) is 7.94. The molecule has 0 amide bonds. The van der Waals surface area contributed by atoms with Gasteiger partial charge in [0.2, 0.25) is 0 Å². The van der Waals surface area contributed by atoms with Crippen LogP contribution in [0.5, 0.6) is 0 Å². The predicted molar refractivity (Wildman–Crippen MR) is 91.7 cm³/mol. The van der Waals surface area contributed by atoms with Crippen LogP contribution in [0.1, 0.15) is 27.7 Å². The lowest BCUT2D eigenvalue weighted by Crippen LogP contribution is -2.49. The van der Waals surface area contributed by atoms with E-state index in [1.807, 2.05) is 13.0 Å². The monoisotopic (exact) mass is 380 g/mol. The number of fused-ring (bicyclic) bond motifs is 2. The van der Waals surface area contributed by atoms with Crippen LogP contribution in [0.4, 0.5) is 0 Å². The number of rotatable bonds is 5. The molecule has 0 spiro atoms. The Morgan fingerprint density at radius 3 is 2.46 bits per heavy atom. The lowest BCUT2D eigenvalue weighted by atomic mass is 10.0. The molecule has 2 heterocycles. The fraction of sp³-hybridized carbons (Fsp3) is 0.857. The summed E-state index contributed by atoms with van der Waals surface area (Å²) in [5.74, 6) is 0. The van der Waals surface area contributed by atoms with Gasteiger partial charge in [-0.05, 0) is 25.1 Å². The van der Waals surface area contributed by atoms with Gasteiger partial charge in [0.05, 0.1) is 18.7 Å². The highest BCUT2D eigenvalue weighted by Crippen LogP contribution is 2.38. The summed E-state index contributed by atoms with van der Waals surface area (Å²) in [6, 6.07) is -0.605. The summed E-state index contributed by atoms with van der Waals surface area (Å²) in [5, 5.41) is 11.4. The molecule has 0 saturated carbocycles. The van der Waals surface area contributed by atoms with Gasteiger partial charge in [-0.1, -0.05) is 32.4 Å². The van der Waals surface area contributed by atoms with Crippen molar-refractivity contribution in [1.29, 1.82) is 0 Å². The Kier molecular flexibility index (Phi) is 5.36. The molecule has 2 N–H and O–H groups in total. The SMILES string of the molecule is CC1=C[C@@H](CO[Si](C)(C)C(C)(C)C)[N@@]2C[C@@H]1N(OS(=O)(=O)O)[C@H]2O. The second-order valence-electron chi connectivity index (χ2n) is 7.97. The molecule has 1 fully saturated rings. The van der Waals surface area contributed by atoms with Crippen molar-refractivity contribution < 1.29 is 26.8 Å². The summed E-state index contributed by atoms with van der Waals surface area (Å²) in [5.41, 5.74) is 0.871. The Hall–Kier alpha value is -0.333. The van der Waals surface area contributed by atoms with Gasteiger partial charge in [0, 0.05) is 6.54 Å². The van der Waals surface area contributed by atoms with Crippen molar-refractivity contribution in [3.05, 3.63) is 11.6 Å². The van der Waals surface area contributed by atoms with Gasteiger partial charge < -0.3 is 9.53 Å². The maximum Gasteiger partial charge on any atom is 0.413 e. The number of nitrogens with zero attached hydrogens (tertiary/aromatic N) is 2. The quantitative estimate of drug-likeness (QED) is 0.419. The third-order valence-corrected chi connectivity index (χ3v) is 10.1. The summed E-state index contributed by atoms with van der Waals surface area (Å²) >= 11 is 0. The molecule has 1 saturated heterocycles. The standard InChI is InChI=1S/C14H28N2O6SSi/c1-10-7-11(9-21-24(5,6)14(2,3)4)15-8-12(10)16(13(15)17)22-23(18,19)20/h7,11-13,17H,8-9H2,1-6H3,(H,18,19,20)/t11-,12-,13-/m0/s1. The largest absolute Gasteiger partial charge is 0.415 e. The summed E-state index contributed by atoms with van der Waals surface area (Å²) < 4.78 is 41.7. The summed E-state index contributed by atoms with van der Waals surface area (Å²) in [6.45, 7) is 13.4. The van der Waals surface area contributed by atoms with Crippen LogP contribution in [-0.2, 0) is 19.1 Å². The second kappa shape index (κ2) is 6.43. The van der Waals surface area contributed by atoms with Crippen LogP contribution in [-0.4, -0.2) is 67.9 Å². The summed E-state index contributed by atoms with van der Waals surface area (Å²) in [7, 11) is -6.62. The fourth-order valence-corrected chi connectivity index (χ4v) is 4.12. The third kappa shape index (κ3) is 4.07. The minimum Gasteiger partial charge on any atom is -0.415 e. The third-order valence-electron chi connectivity index (χ3n) is 5.22. The molecule has 8 nitrogen and oxygen atoms in total. The van der Waals surface area contributed by atoms with Crippen molar-refractivity contribution in [3.63, 3.8) is 0 Å². The molecule has 0 unspecified atom stereocenters.